The molecule has 0 fully saturated rings. The van der Waals surface area contributed by atoms with E-state index >= 15 is 0 Å². The third kappa shape index (κ3) is 2.54. The SMILES string of the molecule is Cc1cccc2c1nc(C(F)(F)F)n2CCC(=O)O. The Kier molecular flexibility index (Phi) is 3.21. The molecule has 0 atom stereocenters. The number of nitrogens with zero attached hydrogens (tertiary/aromatic N) is 2. The number of hydrogen-bond acceptors (Lipinski definition) is 2. The van der Waals surface area contributed by atoms with E-state index in [0.717, 1.165) is 4.57 Å². The second-order valence-electron chi connectivity index (χ2n) is 4.17. The standard InChI is InChI=1S/C12H11F3N2O2/c1-7-3-2-4-8-10(7)16-11(12(13,14)15)17(8)6-5-9(18)19/h2-4H,5-6H2,1H3,(H,18,19). The average Bonchev–Trinajstić information content (AvgIpc) is 2.66. The maximum absolute atomic E-state index is 12.9. The molecule has 2 aromatic rings. The minimum Gasteiger partial charge on any atom is -0.481 e. The largest absolute Gasteiger partial charge is 0.481 e. The molecule has 19 heavy (non-hydrogen) atoms. The van der Waals surface area contributed by atoms with Gasteiger partial charge in [0.1, 0.15) is 0 Å². The summed E-state index contributed by atoms with van der Waals surface area (Å²) in [5, 5.41) is 8.62. The van der Waals surface area contributed by atoms with Gasteiger partial charge in [-0.05, 0) is 18.6 Å². The predicted molar refractivity (Wildman–Crippen MR) is 61.7 cm³/mol. The van der Waals surface area contributed by atoms with E-state index in [1.807, 2.05) is 0 Å². The Bertz CT molecular complexity index is 632. The number of carboxylic acids is 1. The van der Waals surface area contributed by atoms with Gasteiger partial charge >= 0.3 is 12.1 Å². The predicted octanol–water partition coefficient (Wildman–Crippen LogP) is 2.84. The highest BCUT2D eigenvalue weighted by Gasteiger charge is 2.37. The van der Waals surface area contributed by atoms with E-state index in [4.69, 9.17) is 5.11 Å². The molecule has 0 radical (unpaired) electrons. The summed E-state index contributed by atoms with van der Waals surface area (Å²) in [7, 11) is 0. The number of fused-ring (bicyclic) bond motifs is 1. The number of carboxylic acid groups (broad SMARTS) is 1. The van der Waals surface area contributed by atoms with Crippen LogP contribution in [-0.2, 0) is 17.5 Å². The van der Waals surface area contributed by atoms with Gasteiger partial charge in [0.15, 0.2) is 0 Å². The highest BCUT2D eigenvalue weighted by molar-refractivity contribution is 5.79. The highest BCUT2D eigenvalue weighted by Crippen LogP contribution is 2.32. The summed E-state index contributed by atoms with van der Waals surface area (Å²) < 4.78 is 39.6. The van der Waals surface area contributed by atoms with Crippen molar-refractivity contribution in [1.82, 2.24) is 9.55 Å². The average molecular weight is 272 g/mol. The lowest BCUT2D eigenvalue weighted by Crippen LogP contribution is -2.16. The summed E-state index contributed by atoms with van der Waals surface area (Å²) in [6.45, 7) is 1.40. The van der Waals surface area contributed by atoms with Crippen molar-refractivity contribution in [1.29, 1.82) is 0 Å². The van der Waals surface area contributed by atoms with Crippen molar-refractivity contribution >= 4 is 17.0 Å². The van der Waals surface area contributed by atoms with Crippen LogP contribution in [-0.4, -0.2) is 20.6 Å². The van der Waals surface area contributed by atoms with Crippen LogP contribution >= 0.6 is 0 Å². The number of para-hydroxylation sites is 1. The Morgan fingerprint density at radius 1 is 1.42 bits per heavy atom. The minimum atomic E-state index is -4.61. The molecule has 7 heteroatoms. The number of aryl methyl sites for hydroxylation is 2. The number of imidazole rings is 1. The molecule has 1 aromatic carbocycles. The van der Waals surface area contributed by atoms with Gasteiger partial charge in [0.25, 0.3) is 0 Å². The van der Waals surface area contributed by atoms with Crippen LogP contribution in [0.4, 0.5) is 13.2 Å². The highest BCUT2D eigenvalue weighted by atomic mass is 19.4. The Morgan fingerprint density at radius 2 is 2.11 bits per heavy atom. The van der Waals surface area contributed by atoms with Gasteiger partial charge in [0.2, 0.25) is 5.82 Å². The maximum Gasteiger partial charge on any atom is 0.449 e. The van der Waals surface area contributed by atoms with Gasteiger partial charge in [-0.3, -0.25) is 4.79 Å². The van der Waals surface area contributed by atoms with Crippen molar-refractivity contribution < 1.29 is 23.1 Å². The molecule has 0 aliphatic heterocycles. The fourth-order valence-corrected chi connectivity index (χ4v) is 1.94. The fourth-order valence-electron chi connectivity index (χ4n) is 1.94. The van der Waals surface area contributed by atoms with Crippen LogP contribution in [0.3, 0.4) is 0 Å². The number of aromatic nitrogens is 2. The molecule has 0 saturated carbocycles. The molecule has 0 aliphatic carbocycles. The molecule has 0 bridgehead atoms. The van der Waals surface area contributed by atoms with Crippen LogP contribution in [0.15, 0.2) is 18.2 Å². The van der Waals surface area contributed by atoms with E-state index in [-0.39, 0.29) is 18.5 Å². The number of carbonyl (C=O) groups is 1. The van der Waals surface area contributed by atoms with E-state index < -0.39 is 18.0 Å². The third-order valence-corrected chi connectivity index (χ3v) is 2.78. The third-order valence-electron chi connectivity index (χ3n) is 2.78. The van der Waals surface area contributed by atoms with Gasteiger partial charge in [-0.2, -0.15) is 13.2 Å². The molecule has 1 aromatic heterocycles. The molecular weight excluding hydrogens is 261 g/mol. The van der Waals surface area contributed by atoms with Crippen molar-refractivity contribution in [2.45, 2.75) is 26.1 Å². The van der Waals surface area contributed by atoms with E-state index in [1.165, 1.54) is 6.07 Å². The zero-order chi connectivity index (χ0) is 14.2. The molecule has 0 unspecified atom stereocenters. The summed E-state index contributed by atoms with van der Waals surface area (Å²) in [4.78, 5) is 14.1. The first-order valence-electron chi connectivity index (χ1n) is 5.55. The van der Waals surface area contributed by atoms with Gasteiger partial charge in [-0.25, -0.2) is 4.98 Å². The van der Waals surface area contributed by atoms with Gasteiger partial charge in [-0.1, -0.05) is 12.1 Å². The number of hydrogen-bond donors (Lipinski definition) is 1. The number of alkyl halides is 3. The van der Waals surface area contributed by atoms with Crippen LogP contribution in [0, 0.1) is 6.92 Å². The minimum absolute atomic E-state index is 0.250. The van der Waals surface area contributed by atoms with Crippen molar-refractivity contribution in [2.24, 2.45) is 0 Å². The fraction of sp³-hybridized carbons (Fsp3) is 0.333. The van der Waals surface area contributed by atoms with Crippen molar-refractivity contribution in [2.75, 3.05) is 0 Å². The number of benzene rings is 1. The topological polar surface area (TPSA) is 55.1 Å². The van der Waals surface area contributed by atoms with Crippen molar-refractivity contribution in [3.8, 4) is 0 Å². The van der Waals surface area contributed by atoms with Crippen LogP contribution in [0.5, 0.6) is 0 Å². The molecule has 0 saturated heterocycles. The lowest BCUT2D eigenvalue weighted by atomic mass is 10.2. The number of halogens is 3. The molecule has 102 valence electrons. The lowest BCUT2D eigenvalue weighted by molar-refractivity contribution is -0.148. The summed E-state index contributed by atoms with van der Waals surface area (Å²) in [6, 6.07) is 4.79. The molecular formula is C12H11F3N2O2. The molecule has 1 N–H and O–H groups in total. The lowest BCUT2D eigenvalue weighted by Gasteiger charge is -2.10. The summed E-state index contributed by atoms with van der Waals surface area (Å²) in [6.07, 6.45) is -4.99. The first-order valence-corrected chi connectivity index (χ1v) is 5.55. The maximum atomic E-state index is 12.9. The van der Waals surface area contributed by atoms with E-state index in [9.17, 15) is 18.0 Å². The van der Waals surface area contributed by atoms with Gasteiger partial charge in [-0.15, -0.1) is 0 Å². The number of rotatable bonds is 3. The van der Waals surface area contributed by atoms with Crippen LogP contribution in [0.25, 0.3) is 11.0 Å². The summed E-state index contributed by atoms with van der Waals surface area (Å²) in [5.74, 6) is -2.21. The second-order valence-corrected chi connectivity index (χ2v) is 4.17. The molecule has 4 nitrogen and oxygen atoms in total. The normalized spacial score (nSPS) is 12.0. The Hall–Kier alpha value is -2.05. The summed E-state index contributed by atoms with van der Waals surface area (Å²) in [5.41, 5.74) is 1.17. The zero-order valence-corrected chi connectivity index (χ0v) is 10.0. The molecule has 2 rings (SSSR count). The second kappa shape index (κ2) is 4.56. The quantitative estimate of drug-likeness (QED) is 0.934. The molecule has 0 spiro atoms. The van der Waals surface area contributed by atoms with Crippen LogP contribution in [0.2, 0.25) is 0 Å². The zero-order valence-electron chi connectivity index (χ0n) is 10.0. The van der Waals surface area contributed by atoms with E-state index in [2.05, 4.69) is 4.98 Å². The molecule has 0 aliphatic rings. The monoisotopic (exact) mass is 272 g/mol. The Labute approximate surface area is 106 Å². The van der Waals surface area contributed by atoms with Gasteiger partial charge < -0.3 is 9.67 Å². The Morgan fingerprint density at radius 3 is 2.68 bits per heavy atom. The van der Waals surface area contributed by atoms with Crippen LogP contribution in [0.1, 0.15) is 17.8 Å². The Balaban J connectivity index is 2.62. The van der Waals surface area contributed by atoms with Crippen LogP contribution < -0.4 is 0 Å². The molecule has 0 amide bonds. The molecule has 1 heterocycles. The summed E-state index contributed by atoms with van der Waals surface area (Å²) >= 11 is 0. The smallest absolute Gasteiger partial charge is 0.449 e. The van der Waals surface area contributed by atoms with Gasteiger partial charge in [0.05, 0.1) is 17.5 Å². The first kappa shape index (κ1) is 13.4. The van der Waals surface area contributed by atoms with E-state index in [0.29, 0.717) is 11.1 Å². The van der Waals surface area contributed by atoms with E-state index in [1.54, 1.807) is 19.1 Å². The van der Waals surface area contributed by atoms with Gasteiger partial charge in [0, 0.05) is 6.54 Å². The van der Waals surface area contributed by atoms with Crippen molar-refractivity contribution in [3.05, 3.63) is 29.6 Å². The first-order chi connectivity index (χ1) is 8.80. The number of aliphatic carboxylic acids is 1. The van der Waals surface area contributed by atoms with Crippen molar-refractivity contribution in [3.63, 3.8) is 0 Å².